The number of anilines is 1. The predicted octanol–water partition coefficient (Wildman–Crippen LogP) is 5.00. The molecule has 2 N–H and O–H groups in total. The number of rotatable bonds is 9. The third-order valence-electron chi connectivity index (χ3n) is 3.71. The van der Waals surface area contributed by atoms with Crippen molar-refractivity contribution < 1.29 is 14.6 Å². The van der Waals surface area contributed by atoms with Crippen LogP contribution in [0.25, 0.3) is 6.08 Å². The van der Waals surface area contributed by atoms with Crippen molar-refractivity contribution in [1.82, 2.24) is 0 Å². The van der Waals surface area contributed by atoms with Gasteiger partial charge in [-0.1, -0.05) is 38.3 Å². The quantitative estimate of drug-likeness (QED) is 0.499. The number of unbranched alkanes of at least 4 members (excludes halogenated alkanes) is 3. The van der Waals surface area contributed by atoms with Gasteiger partial charge in [0.05, 0.1) is 6.61 Å². The molecule has 2 aromatic rings. The third-order valence-corrected chi connectivity index (χ3v) is 3.71. The van der Waals surface area contributed by atoms with E-state index < -0.39 is 0 Å². The van der Waals surface area contributed by atoms with Crippen LogP contribution in [0.4, 0.5) is 5.69 Å². The number of carbonyl (C=O) groups excluding carboxylic acids is 1. The molecule has 2 aromatic carbocycles. The molecule has 0 saturated carbocycles. The number of hydrogen-bond acceptors (Lipinski definition) is 3. The molecule has 0 spiro atoms. The SMILES string of the molecule is CCCCCCOc1ccc(NC(=O)C=Cc2ccc(O)cc2)cc1. The van der Waals surface area contributed by atoms with Crippen molar-refractivity contribution in [3.05, 3.63) is 60.2 Å². The van der Waals surface area contributed by atoms with Crippen molar-refractivity contribution in [2.45, 2.75) is 32.6 Å². The largest absolute Gasteiger partial charge is 0.508 e. The summed E-state index contributed by atoms with van der Waals surface area (Å²) in [5, 5.41) is 12.0. The highest BCUT2D eigenvalue weighted by Crippen LogP contribution is 2.16. The number of phenolic OH excluding ortho intramolecular Hbond substituents is 1. The Kier molecular flexibility index (Phi) is 7.57. The van der Waals surface area contributed by atoms with Crippen LogP contribution < -0.4 is 10.1 Å². The van der Waals surface area contributed by atoms with Gasteiger partial charge in [0.1, 0.15) is 11.5 Å². The summed E-state index contributed by atoms with van der Waals surface area (Å²) in [5.74, 6) is 0.810. The van der Waals surface area contributed by atoms with Gasteiger partial charge in [0.2, 0.25) is 5.91 Å². The lowest BCUT2D eigenvalue weighted by Gasteiger charge is -2.07. The van der Waals surface area contributed by atoms with Crippen molar-refractivity contribution in [2.24, 2.45) is 0 Å². The van der Waals surface area contributed by atoms with E-state index in [0.717, 1.165) is 30.0 Å². The van der Waals surface area contributed by atoms with E-state index in [4.69, 9.17) is 4.74 Å². The Labute approximate surface area is 149 Å². The normalized spacial score (nSPS) is 10.8. The standard InChI is InChI=1S/C21H25NO3/c1-2-3-4-5-16-25-20-13-9-18(10-14-20)22-21(24)15-8-17-6-11-19(23)12-7-17/h6-15,23H,2-5,16H2,1H3,(H,22,24). The highest BCUT2D eigenvalue weighted by atomic mass is 16.5. The maximum atomic E-state index is 11.9. The minimum atomic E-state index is -0.207. The summed E-state index contributed by atoms with van der Waals surface area (Å²) in [6.45, 7) is 2.91. The molecular formula is C21H25NO3. The molecule has 4 nitrogen and oxygen atoms in total. The fourth-order valence-electron chi connectivity index (χ4n) is 2.29. The molecule has 132 valence electrons. The Balaban J connectivity index is 1.78. The van der Waals surface area contributed by atoms with Gasteiger partial charge in [0.15, 0.2) is 0 Å². The summed E-state index contributed by atoms with van der Waals surface area (Å²) in [6.07, 6.45) is 7.88. The van der Waals surface area contributed by atoms with Gasteiger partial charge < -0.3 is 15.2 Å². The Hall–Kier alpha value is -2.75. The van der Waals surface area contributed by atoms with Crippen LogP contribution in [0, 0.1) is 0 Å². The number of amides is 1. The van der Waals surface area contributed by atoms with Gasteiger partial charge >= 0.3 is 0 Å². The van der Waals surface area contributed by atoms with Crippen LogP contribution in [0.2, 0.25) is 0 Å². The van der Waals surface area contributed by atoms with Crippen molar-refractivity contribution in [3.63, 3.8) is 0 Å². The van der Waals surface area contributed by atoms with E-state index in [1.807, 2.05) is 24.3 Å². The second-order valence-electron chi connectivity index (χ2n) is 5.85. The molecule has 4 heteroatoms. The molecule has 0 fully saturated rings. The number of phenols is 1. The first-order valence-electron chi connectivity index (χ1n) is 8.68. The molecule has 0 aliphatic heterocycles. The van der Waals surface area contributed by atoms with Gasteiger partial charge in [-0.3, -0.25) is 4.79 Å². The van der Waals surface area contributed by atoms with Gasteiger partial charge in [-0.05, 0) is 54.5 Å². The molecular weight excluding hydrogens is 314 g/mol. The summed E-state index contributed by atoms with van der Waals surface area (Å²) >= 11 is 0. The first-order chi connectivity index (χ1) is 12.2. The van der Waals surface area contributed by atoms with E-state index in [1.165, 1.54) is 25.3 Å². The third kappa shape index (κ3) is 7.12. The Morgan fingerprint density at radius 1 is 1.04 bits per heavy atom. The van der Waals surface area contributed by atoms with Gasteiger partial charge in [0.25, 0.3) is 0 Å². The van der Waals surface area contributed by atoms with Gasteiger partial charge in [0, 0.05) is 11.8 Å². The lowest BCUT2D eigenvalue weighted by Crippen LogP contribution is -2.07. The first-order valence-corrected chi connectivity index (χ1v) is 8.68. The average molecular weight is 339 g/mol. The molecule has 1 amide bonds. The molecule has 0 aromatic heterocycles. The number of benzene rings is 2. The van der Waals surface area contributed by atoms with E-state index in [9.17, 15) is 9.90 Å². The molecule has 0 saturated heterocycles. The Bertz CT molecular complexity index is 675. The lowest BCUT2D eigenvalue weighted by atomic mass is 10.2. The van der Waals surface area contributed by atoms with Crippen LogP contribution in [0.1, 0.15) is 38.2 Å². The molecule has 0 atom stereocenters. The highest BCUT2D eigenvalue weighted by molar-refractivity contribution is 6.01. The van der Waals surface area contributed by atoms with E-state index >= 15 is 0 Å². The predicted molar refractivity (Wildman–Crippen MR) is 102 cm³/mol. The van der Waals surface area contributed by atoms with Crippen molar-refractivity contribution in [3.8, 4) is 11.5 Å². The summed E-state index contributed by atoms with van der Waals surface area (Å²) in [6, 6.07) is 14.0. The highest BCUT2D eigenvalue weighted by Gasteiger charge is 1.99. The van der Waals surface area contributed by atoms with Crippen molar-refractivity contribution in [2.75, 3.05) is 11.9 Å². The van der Waals surface area contributed by atoms with Crippen LogP contribution in [0.3, 0.4) is 0 Å². The summed E-state index contributed by atoms with van der Waals surface area (Å²) in [4.78, 5) is 11.9. The van der Waals surface area contributed by atoms with Crippen LogP contribution >= 0.6 is 0 Å². The maximum absolute atomic E-state index is 11.9. The van der Waals surface area contributed by atoms with Crippen LogP contribution in [0.5, 0.6) is 11.5 Å². The van der Waals surface area contributed by atoms with Crippen LogP contribution in [0.15, 0.2) is 54.6 Å². The van der Waals surface area contributed by atoms with Crippen molar-refractivity contribution in [1.29, 1.82) is 0 Å². The van der Waals surface area contributed by atoms with Gasteiger partial charge in [-0.25, -0.2) is 0 Å². The summed E-state index contributed by atoms with van der Waals surface area (Å²) < 4.78 is 5.68. The first kappa shape index (κ1) is 18.6. The lowest BCUT2D eigenvalue weighted by molar-refractivity contribution is -0.111. The Morgan fingerprint density at radius 3 is 2.44 bits per heavy atom. The fourth-order valence-corrected chi connectivity index (χ4v) is 2.29. The van der Waals surface area contributed by atoms with Crippen LogP contribution in [-0.4, -0.2) is 17.6 Å². The summed E-state index contributed by atoms with van der Waals surface area (Å²) in [5.41, 5.74) is 1.57. The minimum Gasteiger partial charge on any atom is -0.508 e. The van der Waals surface area contributed by atoms with E-state index in [2.05, 4.69) is 12.2 Å². The molecule has 25 heavy (non-hydrogen) atoms. The zero-order chi connectivity index (χ0) is 17.9. The summed E-state index contributed by atoms with van der Waals surface area (Å²) in [7, 11) is 0. The van der Waals surface area contributed by atoms with E-state index in [-0.39, 0.29) is 11.7 Å². The second kappa shape index (κ2) is 10.2. The molecule has 0 unspecified atom stereocenters. The number of aromatic hydroxyl groups is 1. The average Bonchev–Trinajstić information content (AvgIpc) is 2.62. The molecule has 0 aliphatic carbocycles. The van der Waals surface area contributed by atoms with Gasteiger partial charge in [-0.15, -0.1) is 0 Å². The molecule has 0 radical (unpaired) electrons. The monoisotopic (exact) mass is 339 g/mol. The second-order valence-corrected chi connectivity index (χ2v) is 5.85. The topological polar surface area (TPSA) is 58.6 Å². The van der Waals surface area contributed by atoms with Gasteiger partial charge in [-0.2, -0.15) is 0 Å². The fraction of sp³-hybridized carbons (Fsp3) is 0.286. The minimum absolute atomic E-state index is 0.203. The molecule has 0 bridgehead atoms. The van der Waals surface area contributed by atoms with E-state index in [1.54, 1.807) is 30.3 Å². The van der Waals surface area contributed by atoms with Crippen LogP contribution in [-0.2, 0) is 4.79 Å². The Morgan fingerprint density at radius 2 is 1.76 bits per heavy atom. The number of ether oxygens (including phenoxy) is 1. The van der Waals surface area contributed by atoms with Crippen molar-refractivity contribution >= 4 is 17.7 Å². The smallest absolute Gasteiger partial charge is 0.248 e. The zero-order valence-corrected chi connectivity index (χ0v) is 14.6. The van der Waals surface area contributed by atoms with E-state index in [0.29, 0.717) is 0 Å². The molecule has 0 heterocycles. The number of carbonyl (C=O) groups is 1. The molecule has 0 aliphatic rings. The molecule has 2 rings (SSSR count). The number of nitrogens with one attached hydrogen (secondary N) is 1. The zero-order valence-electron chi connectivity index (χ0n) is 14.6. The number of hydrogen-bond donors (Lipinski definition) is 2. The maximum Gasteiger partial charge on any atom is 0.248 e.